The van der Waals surface area contributed by atoms with Gasteiger partial charge in [0.05, 0.1) is 47.6 Å². The average Bonchev–Trinajstić information content (AvgIpc) is 3.30. The molecule has 1 saturated heterocycles. The summed E-state index contributed by atoms with van der Waals surface area (Å²) in [5, 5.41) is 11.7. The highest BCUT2D eigenvalue weighted by molar-refractivity contribution is 9.10. The Morgan fingerprint density at radius 2 is 1.84 bits per heavy atom. The Balaban J connectivity index is 1.74. The number of piperazine rings is 1. The topological polar surface area (TPSA) is 129 Å². The van der Waals surface area contributed by atoms with Gasteiger partial charge in [0.2, 0.25) is 0 Å². The van der Waals surface area contributed by atoms with Crippen molar-refractivity contribution < 1.29 is 23.9 Å². The number of carbonyl (C=O) groups is 1. The molecule has 0 spiro atoms. The Kier molecular flexibility index (Phi) is 9.23. The molecular weight excluding hydrogens is 654 g/mol. The summed E-state index contributed by atoms with van der Waals surface area (Å²) in [6.07, 6.45) is 1.68. The van der Waals surface area contributed by atoms with Crippen molar-refractivity contribution in [2.45, 2.75) is 19.9 Å². The molecule has 0 unspecified atom stereocenters. The number of carbonyl (C=O) groups excluding carboxylic acids is 1. The Bertz CT molecular complexity index is 1840. The highest BCUT2D eigenvalue weighted by atomic mass is 79.9. The molecule has 12 nitrogen and oxygen atoms in total. The number of nitro benzene ring substituents is 1. The van der Waals surface area contributed by atoms with E-state index in [1.54, 1.807) is 38.1 Å². The first-order chi connectivity index (χ1) is 21.1. The number of esters is 1. The van der Waals surface area contributed by atoms with Crippen molar-refractivity contribution in [3.05, 3.63) is 87.0 Å². The van der Waals surface area contributed by atoms with E-state index in [1.165, 1.54) is 30.9 Å². The maximum atomic E-state index is 14.3. The summed E-state index contributed by atoms with van der Waals surface area (Å²) in [5.74, 6) is 0.292. The van der Waals surface area contributed by atoms with E-state index in [1.807, 2.05) is 0 Å². The van der Waals surface area contributed by atoms with Crippen LogP contribution in [0.3, 0.4) is 0 Å². The predicted octanol–water partition coefficient (Wildman–Crippen LogP) is 3.24. The third kappa shape index (κ3) is 5.88. The normalized spacial score (nSPS) is 17.3. The van der Waals surface area contributed by atoms with Crippen molar-refractivity contribution in [1.82, 2.24) is 9.47 Å². The number of nitrogens with zero attached hydrogens (tertiary/aromatic N) is 5. The van der Waals surface area contributed by atoms with Crippen LogP contribution in [0.4, 0.5) is 11.4 Å². The molecule has 2 aromatic carbocycles. The molecule has 1 fully saturated rings. The minimum Gasteiger partial charge on any atom is -0.493 e. The third-order valence-corrected chi connectivity index (χ3v) is 9.34. The van der Waals surface area contributed by atoms with Crippen LogP contribution in [0.1, 0.15) is 31.0 Å². The second-order valence-electron chi connectivity index (χ2n) is 10.3. The molecule has 0 bridgehead atoms. The van der Waals surface area contributed by atoms with Crippen LogP contribution in [-0.4, -0.2) is 74.4 Å². The molecule has 232 valence electrons. The molecule has 0 aliphatic carbocycles. The number of anilines is 1. The maximum absolute atomic E-state index is 14.3. The first-order valence-electron chi connectivity index (χ1n) is 13.9. The molecule has 1 atom stereocenters. The first kappa shape index (κ1) is 31.4. The number of nitro groups is 1. The van der Waals surface area contributed by atoms with Crippen molar-refractivity contribution >= 4 is 50.7 Å². The van der Waals surface area contributed by atoms with Crippen molar-refractivity contribution in [3.8, 4) is 11.5 Å². The zero-order valence-electron chi connectivity index (χ0n) is 25.0. The molecule has 3 aromatic rings. The van der Waals surface area contributed by atoms with E-state index in [4.69, 9.17) is 14.2 Å². The van der Waals surface area contributed by atoms with Gasteiger partial charge in [0.15, 0.2) is 16.3 Å². The number of non-ortho nitro benzene ring substituents is 1. The molecule has 3 heterocycles. The summed E-state index contributed by atoms with van der Waals surface area (Å²) < 4.78 is 18.8. The lowest BCUT2D eigenvalue weighted by Gasteiger charge is -2.34. The maximum Gasteiger partial charge on any atom is 0.338 e. The molecule has 5 rings (SSSR count). The lowest BCUT2D eigenvalue weighted by Crippen LogP contribution is -2.44. The van der Waals surface area contributed by atoms with E-state index in [9.17, 15) is 19.7 Å². The van der Waals surface area contributed by atoms with Crippen LogP contribution in [0.15, 0.2) is 55.9 Å². The fourth-order valence-electron chi connectivity index (χ4n) is 5.41. The number of methoxy groups -OCH3 is 2. The van der Waals surface area contributed by atoms with Gasteiger partial charge in [0.1, 0.15) is 0 Å². The van der Waals surface area contributed by atoms with Crippen molar-refractivity contribution in [3.63, 3.8) is 0 Å². The van der Waals surface area contributed by atoms with Crippen LogP contribution >= 0.6 is 27.3 Å². The largest absolute Gasteiger partial charge is 0.493 e. The van der Waals surface area contributed by atoms with Gasteiger partial charge >= 0.3 is 5.97 Å². The van der Waals surface area contributed by atoms with E-state index in [0.717, 1.165) is 43.2 Å². The molecule has 14 heteroatoms. The summed E-state index contributed by atoms with van der Waals surface area (Å²) in [7, 11) is 5.07. The fourth-order valence-corrected chi connectivity index (χ4v) is 6.99. The van der Waals surface area contributed by atoms with Gasteiger partial charge in [0, 0.05) is 54.0 Å². The van der Waals surface area contributed by atoms with Gasteiger partial charge < -0.3 is 24.0 Å². The lowest BCUT2D eigenvalue weighted by molar-refractivity contribution is -0.384. The number of ether oxygens (including phenoxy) is 3. The number of likely N-dealkylation sites (N-methyl/N-ethyl adjacent to an activating group) is 1. The third-order valence-electron chi connectivity index (χ3n) is 7.67. The number of benzene rings is 2. The van der Waals surface area contributed by atoms with Crippen LogP contribution < -0.4 is 29.3 Å². The van der Waals surface area contributed by atoms with Crippen LogP contribution in [0, 0.1) is 10.1 Å². The second kappa shape index (κ2) is 12.9. The summed E-state index contributed by atoms with van der Waals surface area (Å²) in [6.45, 7) is 6.72. The molecule has 1 aromatic heterocycles. The number of fused-ring (bicyclic) bond motifs is 1. The Morgan fingerprint density at radius 3 is 2.48 bits per heavy atom. The van der Waals surface area contributed by atoms with E-state index < -0.39 is 22.5 Å². The van der Waals surface area contributed by atoms with E-state index in [2.05, 4.69) is 37.8 Å². The van der Waals surface area contributed by atoms with Crippen molar-refractivity contribution in [1.29, 1.82) is 0 Å². The van der Waals surface area contributed by atoms with Gasteiger partial charge in [-0.2, -0.15) is 0 Å². The number of hydrogen-bond donors (Lipinski definition) is 0. The van der Waals surface area contributed by atoms with Crippen LogP contribution in [0.5, 0.6) is 11.5 Å². The molecule has 44 heavy (non-hydrogen) atoms. The van der Waals surface area contributed by atoms with Gasteiger partial charge in [-0.3, -0.25) is 19.5 Å². The van der Waals surface area contributed by atoms with Crippen LogP contribution in [0.2, 0.25) is 0 Å². The second-order valence-corrected chi connectivity index (χ2v) is 12.2. The fraction of sp³-hybridized carbons (Fsp3) is 0.367. The number of thiazole rings is 1. The van der Waals surface area contributed by atoms with E-state index in [0.29, 0.717) is 42.1 Å². The molecule has 0 N–H and O–H groups in total. The highest BCUT2D eigenvalue weighted by Crippen LogP contribution is 2.41. The molecule has 0 amide bonds. The summed E-state index contributed by atoms with van der Waals surface area (Å²) in [4.78, 5) is 48.3. The van der Waals surface area contributed by atoms with Crippen LogP contribution in [0.25, 0.3) is 6.08 Å². The quantitative estimate of drug-likeness (QED) is 0.199. The molecule has 2 aliphatic rings. The minimum absolute atomic E-state index is 0.0746. The SMILES string of the molecule is CCOC(=O)C1=C(C)N=c2sc(=Cc3cc([N+](=O)[O-])ccc3N3CCN(C)CC3)c(=O)n2[C@H]1c1cc(OC)c(OC)cc1Br. The van der Waals surface area contributed by atoms with Gasteiger partial charge in [-0.25, -0.2) is 9.79 Å². The molecule has 2 aliphatic heterocycles. The number of aromatic nitrogens is 1. The summed E-state index contributed by atoms with van der Waals surface area (Å²) >= 11 is 4.76. The molecule has 0 radical (unpaired) electrons. The summed E-state index contributed by atoms with van der Waals surface area (Å²) in [5.41, 5.74) is 2.08. The van der Waals surface area contributed by atoms with Gasteiger partial charge in [0.25, 0.3) is 11.2 Å². The minimum atomic E-state index is -0.899. The highest BCUT2D eigenvalue weighted by Gasteiger charge is 2.35. The number of hydrogen-bond acceptors (Lipinski definition) is 11. The molecular formula is C30H32BrN5O7S. The average molecular weight is 687 g/mol. The van der Waals surface area contributed by atoms with E-state index in [-0.39, 0.29) is 17.9 Å². The Labute approximate surface area is 265 Å². The number of rotatable bonds is 8. The number of halogens is 1. The van der Waals surface area contributed by atoms with Gasteiger partial charge in [-0.1, -0.05) is 27.3 Å². The van der Waals surface area contributed by atoms with E-state index >= 15 is 0 Å². The van der Waals surface area contributed by atoms with Gasteiger partial charge in [-0.05, 0) is 50.7 Å². The Hall–Kier alpha value is -4.01. The van der Waals surface area contributed by atoms with Crippen molar-refractivity contribution in [2.24, 2.45) is 4.99 Å². The monoisotopic (exact) mass is 685 g/mol. The summed E-state index contributed by atoms with van der Waals surface area (Å²) in [6, 6.07) is 7.24. The van der Waals surface area contributed by atoms with Crippen molar-refractivity contribution in [2.75, 3.05) is 59.0 Å². The predicted molar refractivity (Wildman–Crippen MR) is 170 cm³/mol. The standard InChI is InChI=1S/C30H32BrN5O7S/c1-6-43-29(38)26-17(2)32-30-35(27(26)20-15-23(41-4)24(42-5)16-21(20)31)28(37)25(44-30)14-18-13-19(36(39)40)7-8-22(18)34-11-9-33(3)10-12-34/h7-8,13-16,27H,6,9-12H2,1-5H3/t27-/m0/s1. The zero-order valence-corrected chi connectivity index (χ0v) is 27.4. The molecule has 0 saturated carbocycles. The lowest BCUT2D eigenvalue weighted by atomic mass is 9.95. The number of allylic oxidation sites excluding steroid dienone is 1. The zero-order chi connectivity index (χ0) is 31.7. The van der Waals surface area contributed by atoms with Crippen LogP contribution in [-0.2, 0) is 9.53 Å². The Morgan fingerprint density at radius 1 is 1.16 bits per heavy atom. The first-order valence-corrected chi connectivity index (χ1v) is 15.5. The van der Waals surface area contributed by atoms with Gasteiger partial charge in [-0.15, -0.1) is 0 Å². The smallest absolute Gasteiger partial charge is 0.338 e.